The topological polar surface area (TPSA) is 84.0 Å². The molecule has 0 radical (unpaired) electrons. The van der Waals surface area contributed by atoms with Crippen molar-refractivity contribution in [3.63, 3.8) is 0 Å². The van der Waals surface area contributed by atoms with Gasteiger partial charge >= 0.3 is 5.97 Å². The zero-order valence-corrected chi connectivity index (χ0v) is 23.8. The number of nitrogens with zero attached hydrogens (tertiary/aromatic N) is 2. The number of imide groups is 1. The lowest BCUT2D eigenvalue weighted by atomic mass is 9.81. The third kappa shape index (κ3) is 4.88. The molecule has 9 heteroatoms. The van der Waals surface area contributed by atoms with E-state index in [-0.39, 0.29) is 51.7 Å². The maximum atomic E-state index is 13.2. The summed E-state index contributed by atoms with van der Waals surface area (Å²) in [4.78, 5) is 55.2. The van der Waals surface area contributed by atoms with Gasteiger partial charge in [-0.3, -0.25) is 19.2 Å². The van der Waals surface area contributed by atoms with Gasteiger partial charge in [-0.15, -0.1) is 0 Å². The van der Waals surface area contributed by atoms with E-state index in [0.717, 1.165) is 5.56 Å². The number of aryl methyl sites for hydroxylation is 1. The summed E-state index contributed by atoms with van der Waals surface area (Å²) in [5, 5.41) is 0. The fourth-order valence-electron chi connectivity index (χ4n) is 5.65. The Morgan fingerprint density at radius 2 is 1.59 bits per heavy atom. The Labute approximate surface area is 232 Å². The molecule has 2 saturated heterocycles. The van der Waals surface area contributed by atoms with Gasteiger partial charge in [0.15, 0.2) is 0 Å². The Bertz CT molecular complexity index is 1220. The molecular formula is C28H28Br2N2O5. The fraction of sp³-hybridized carbons (Fsp3) is 0.429. The van der Waals surface area contributed by atoms with Gasteiger partial charge in [-0.1, -0.05) is 62.2 Å². The van der Waals surface area contributed by atoms with Crippen LogP contribution in [0.5, 0.6) is 5.75 Å². The first-order chi connectivity index (χ1) is 17.7. The Balaban J connectivity index is 1.26. The van der Waals surface area contributed by atoms with Gasteiger partial charge in [-0.05, 0) is 56.0 Å². The molecule has 0 N–H and O–H groups in total. The number of esters is 1. The average Bonchev–Trinajstić information content (AvgIpc) is 3.37. The lowest BCUT2D eigenvalue weighted by molar-refractivity contribution is -0.139. The molecule has 0 aromatic heterocycles. The number of halogens is 2. The number of rotatable bonds is 5. The van der Waals surface area contributed by atoms with Crippen molar-refractivity contribution in [1.82, 2.24) is 4.90 Å². The van der Waals surface area contributed by atoms with Crippen LogP contribution in [0.4, 0.5) is 5.69 Å². The van der Waals surface area contributed by atoms with Crippen molar-refractivity contribution in [2.24, 2.45) is 17.8 Å². The first-order valence-electron chi connectivity index (χ1n) is 12.5. The summed E-state index contributed by atoms with van der Waals surface area (Å²) in [6.07, 6.45) is 1.32. The number of anilines is 1. The molecule has 194 valence electrons. The molecule has 2 aliphatic heterocycles. The number of hydrogen-bond acceptors (Lipinski definition) is 5. The van der Waals surface area contributed by atoms with E-state index >= 15 is 0 Å². The minimum atomic E-state index is -0.557. The van der Waals surface area contributed by atoms with Crippen molar-refractivity contribution in [2.45, 2.75) is 48.8 Å². The molecule has 5 rings (SSSR count). The van der Waals surface area contributed by atoms with Crippen LogP contribution in [-0.4, -0.2) is 44.8 Å². The largest absolute Gasteiger partial charge is 0.426 e. The van der Waals surface area contributed by atoms with Crippen molar-refractivity contribution in [1.29, 1.82) is 0 Å². The van der Waals surface area contributed by atoms with E-state index in [2.05, 4.69) is 31.9 Å². The van der Waals surface area contributed by atoms with Gasteiger partial charge in [-0.25, -0.2) is 4.90 Å². The van der Waals surface area contributed by atoms with Crippen molar-refractivity contribution in [3.05, 3.63) is 59.7 Å². The predicted octanol–water partition coefficient (Wildman–Crippen LogP) is 4.94. The predicted molar refractivity (Wildman–Crippen MR) is 146 cm³/mol. The minimum absolute atomic E-state index is 0.0752. The van der Waals surface area contributed by atoms with E-state index in [4.69, 9.17) is 4.74 Å². The van der Waals surface area contributed by atoms with Gasteiger partial charge < -0.3 is 9.64 Å². The second-order valence-corrected chi connectivity index (χ2v) is 12.5. The molecule has 0 bridgehead atoms. The molecular weight excluding hydrogens is 604 g/mol. The van der Waals surface area contributed by atoms with Crippen LogP contribution in [0.3, 0.4) is 0 Å². The number of alkyl halides is 2. The Morgan fingerprint density at radius 1 is 0.973 bits per heavy atom. The van der Waals surface area contributed by atoms with Gasteiger partial charge in [0.05, 0.1) is 29.5 Å². The van der Waals surface area contributed by atoms with E-state index < -0.39 is 11.9 Å². The van der Waals surface area contributed by atoms with Crippen LogP contribution < -0.4 is 9.64 Å². The first kappa shape index (κ1) is 26.1. The minimum Gasteiger partial charge on any atom is -0.426 e. The summed E-state index contributed by atoms with van der Waals surface area (Å²) < 4.78 is 5.64. The summed E-state index contributed by atoms with van der Waals surface area (Å²) in [6, 6.07) is 14.5. The average molecular weight is 632 g/mol. The van der Waals surface area contributed by atoms with Crippen LogP contribution in [-0.2, 0) is 19.2 Å². The number of benzene rings is 2. The van der Waals surface area contributed by atoms with Crippen LogP contribution in [0, 0.1) is 24.7 Å². The molecule has 1 aliphatic carbocycles. The molecule has 1 saturated carbocycles. The first-order valence-corrected chi connectivity index (χ1v) is 14.3. The number of amides is 3. The highest BCUT2D eigenvalue weighted by atomic mass is 79.9. The Kier molecular flexibility index (Phi) is 7.29. The second kappa shape index (κ2) is 10.3. The van der Waals surface area contributed by atoms with E-state index in [0.29, 0.717) is 36.4 Å². The summed E-state index contributed by atoms with van der Waals surface area (Å²) in [6.45, 7) is 4.04. The highest BCUT2D eigenvalue weighted by molar-refractivity contribution is 9.12. The zero-order valence-electron chi connectivity index (χ0n) is 20.6. The number of hydrogen-bond donors (Lipinski definition) is 0. The number of ether oxygens (including phenoxy) is 1. The molecule has 0 unspecified atom stereocenters. The number of carbonyl (C=O) groups excluding carboxylic acids is 4. The molecule has 3 fully saturated rings. The Hall–Kier alpha value is -2.52. The van der Waals surface area contributed by atoms with E-state index in [1.807, 2.05) is 37.3 Å². The number of fused-ring (bicyclic) bond motifs is 1. The Morgan fingerprint density at radius 3 is 2.19 bits per heavy atom. The number of carbonyl (C=O) groups is 4. The maximum Gasteiger partial charge on any atom is 0.316 e. The molecule has 2 heterocycles. The van der Waals surface area contributed by atoms with E-state index in [1.165, 1.54) is 4.90 Å². The van der Waals surface area contributed by atoms with Crippen LogP contribution in [0.25, 0.3) is 0 Å². The summed E-state index contributed by atoms with van der Waals surface area (Å²) >= 11 is 7.23. The quantitative estimate of drug-likeness (QED) is 0.202. The second-order valence-electron chi connectivity index (χ2n) is 10.1. The van der Waals surface area contributed by atoms with Gasteiger partial charge in [-0.2, -0.15) is 0 Å². The number of likely N-dealkylation sites (tertiary alicyclic amines) is 1. The monoisotopic (exact) mass is 630 g/mol. The van der Waals surface area contributed by atoms with Crippen LogP contribution in [0.2, 0.25) is 0 Å². The van der Waals surface area contributed by atoms with E-state index in [9.17, 15) is 19.2 Å². The standard InChI is InChI=1S/C28H28Br2N2O5/c1-15-10-19(8-9-24(15)32-26(34)20-12-22(29)23(30)13-21(20)27(32)35)37-28(36)18-11-25(33)31(14-18)16(2)17-6-4-3-5-7-17/h3-10,16,18,20-23H,11-14H2,1-2H3/t16-,18-,20-,21-,22-,23+/m1/s1. The molecule has 37 heavy (non-hydrogen) atoms. The van der Waals surface area contributed by atoms with Gasteiger partial charge in [0.2, 0.25) is 17.7 Å². The maximum absolute atomic E-state index is 13.2. The van der Waals surface area contributed by atoms with Crippen LogP contribution in [0.1, 0.15) is 43.4 Å². The van der Waals surface area contributed by atoms with Crippen molar-refractivity contribution < 1.29 is 23.9 Å². The summed E-state index contributed by atoms with van der Waals surface area (Å²) in [5.41, 5.74) is 2.19. The van der Waals surface area contributed by atoms with Gasteiger partial charge in [0, 0.05) is 22.6 Å². The third-order valence-corrected chi connectivity index (χ3v) is 10.5. The van der Waals surface area contributed by atoms with Crippen LogP contribution >= 0.6 is 31.9 Å². The highest BCUT2D eigenvalue weighted by Gasteiger charge is 2.52. The summed E-state index contributed by atoms with van der Waals surface area (Å²) in [5.74, 6) is -1.79. The van der Waals surface area contributed by atoms with Gasteiger partial charge in [0.25, 0.3) is 0 Å². The molecule has 3 amide bonds. The normalized spacial score (nSPS) is 28.4. The highest BCUT2D eigenvalue weighted by Crippen LogP contribution is 2.45. The lowest BCUT2D eigenvalue weighted by Gasteiger charge is -2.29. The molecule has 0 spiro atoms. The molecule has 3 aliphatic rings. The SMILES string of the molecule is Cc1cc(OC(=O)[C@@H]2CC(=O)N([C@H](C)c3ccccc3)C2)ccc1N1C(=O)[C@@H]2C[C@@H](Br)[C@@H](Br)C[C@H]2C1=O. The summed E-state index contributed by atoms with van der Waals surface area (Å²) in [7, 11) is 0. The fourth-order valence-corrected chi connectivity index (χ4v) is 6.89. The molecule has 6 atom stereocenters. The molecule has 2 aromatic carbocycles. The van der Waals surface area contributed by atoms with Gasteiger partial charge in [0.1, 0.15) is 5.75 Å². The van der Waals surface area contributed by atoms with Crippen molar-refractivity contribution >= 4 is 61.2 Å². The third-order valence-electron chi connectivity index (χ3n) is 7.78. The molecule has 2 aromatic rings. The van der Waals surface area contributed by atoms with E-state index in [1.54, 1.807) is 30.0 Å². The smallest absolute Gasteiger partial charge is 0.316 e. The van der Waals surface area contributed by atoms with Crippen molar-refractivity contribution in [2.75, 3.05) is 11.4 Å². The lowest BCUT2D eigenvalue weighted by Crippen LogP contribution is -2.34. The van der Waals surface area contributed by atoms with Crippen LogP contribution in [0.15, 0.2) is 48.5 Å². The van der Waals surface area contributed by atoms with Crippen molar-refractivity contribution in [3.8, 4) is 5.75 Å². The zero-order chi connectivity index (χ0) is 26.4. The molecule has 7 nitrogen and oxygen atoms in total.